The first-order valence-corrected chi connectivity index (χ1v) is 10.7. The summed E-state index contributed by atoms with van der Waals surface area (Å²) in [5, 5.41) is 5.10. The van der Waals surface area contributed by atoms with Gasteiger partial charge in [0.1, 0.15) is 4.84 Å². The molecule has 0 aliphatic carbocycles. The molecule has 0 radical (unpaired) electrons. The molecular formula is C17H13Cl5N4OS. The Hall–Kier alpha value is -1.02. The number of aromatic nitrogens is 3. The summed E-state index contributed by atoms with van der Waals surface area (Å²) in [6.07, 6.45) is 3.35. The van der Waals surface area contributed by atoms with Gasteiger partial charge in [-0.05, 0) is 23.8 Å². The van der Waals surface area contributed by atoms with Crippen LogP contribution in [0.2, 0.25) is 14.5 Å². The summed E-state index contributed by atoms with van der Waals surface area (Å²) >= 11 is 31.8. The van der Waals surface area contributed by atoms with Crippen molar-refractivity contribution in [2.24, 2.45) is 7.05 Å². The van der Waals surface area contributed by atoms with Gasteiger partial charge in [-0.3, -0.25) is 14.4 Å². The first-order valence-electron chi connectivity index (χ1n) is 7.90. The minimum atomic E-state index is -1.03. The van der Waals surface area contributed by atoms with Crippen LogP contribution in [0.15, 0.2) is 36.7 Å². The molecule has 0 N–H and O–H groups in total. The van der Waals surface area contributed by atoms with E-state index < -0.39 is 10.8 Å². The number of amides is 1. The van der Waals surface area contributed by atoms with Crippen LogP contribution < -0.4 is 4.90 Å². The molecule has 1 unspecified atom stereocenters. The number of carbonyl (C=O) groups excluding carboxylic acids is 1. The van der Waals surface area contributed by atoms with E-state index in [0.29, 0.717) is 25.9 Å². The fourth-order valence-electron chi connectivity index (χ4n) is 2.65. The Labute approximate surface area is 190 Å². The summed E-state index contributed by atoms with van der Waals surface area (Å²) in [6.45, 7) is 0.214. The normalized spacial score (nSPS) is 12.4. The summed E-state index contributed by atoms with van der Waals surface area (Å²) in [5.74, 6) is -0.800. The first-order chi connectivity index (χ1) is 13.2. The minimum absolute atomic E-state index is 0.214. The number of hydrogen-bond acceptors (Lipinski definition) is 4. The van der Waals surface area contributed by atoms with Crippen LogP contribution >= 0.6 is 69.3 Å². The molecule has 0 saturated carbocycles. The molecule has 11 heteroatoms. The third-order valence-corrected chi connectivity index (χ3v) is 5.88. The van der Waals surface area contributed by atoms with Crippen molar-refractivity contribution in [3.63, 3.8) is 0 Å². The molecular weight excluding hydrogens is 486 g/mol. The van der Waals surface area contributed by atoms with Crippen LogP contribution in [0.1, 0.15) is 16.4 Å². The molecule has 148 valence electrons. The summed E-state index contributed by atoms with van der Waals surface area (Å²) in [7, 11) is 1.76. The van der Waals surface area contributed by atoms with E-state index in [1.807, 2.05) is 0 Å². The van der Waals surface area contributed by atoms with Crippen LogP contribution in [0.25, 0.3) is 0 Å². The number of aryl methyl sites for hydroxylation is 1. The van der Waals surface area contributed by atoms with E-state index in [0.717, 1.165) is 4.88 Å². The van der Waals surface area contributed by atoms with E-state index in [-0.39, 0.29) is 12.5 Å². The summed E-state index contributed by atoms with van der Waals surface area (Å²) in [4.78, 5) is 18.8. The molecule has 2 heterocycles. The van der Waals surface area contributed by atoms with Gasteiger partial charge in [-0.25, -0.2) is 4.98 Å². The molecule has 1 aromatic carbocycles. The van der Waals surface area contributed by atoms with Crippen molar-refractivity contribution in [1.82, 2.24) is 14.8 Å². The number of anilines is 1. The van der Waals surface area contributed by atoms with Gasteiger partial charge in [0, 0.05) is 40.4 Å². The summed E-state index contributed by atoms with van der Waals surface area (Å²) < 4.78 is 1.98. The van der Waals surface area contributed by atoms with Gasteiger partial charge in [0.15, 0.2) is 10.3 Å². The molecule has 3 rings (SSSR count). The second-order valence-corrected chi connectivity index (χ2v) is 9.60. The number of nitrogens with zero attached hydrogens (tertiary/aromatic N) is 4. The van der Waals surface area contributed by atoms with E-state index in [2.05, 4.69) is 10.1 Å². The second kappa shape index (κ2) is 9.20. The highest BCUT2D eigenvalue weighted by Gasteiger charge is 2.33. The second-order valence-electron chi connectivity index (χ2n) is 5.87. The Kier molecular flexibility index (Phi) is 7.12. The fourth-order valence-corrected chi connectivity index (χ4v) is 4.67. The zero-order valence-electron chi connectivity index (χ0n) is 14.3. The average molecular weight is 499 g/mol. The first kappa shape index (κ1) is 21.7. The van der Waals surface area contributed by atoms with Crippen molar-refractivity contribution in [3.8, 4) is 0 Å². The number of carbonyl (C=O) groups is 1. The zero-order valence-corrected chi connectivity index (χ0v) is 18.9. The van der Waals surface area contributed by atoms with E-state index in [9.17, 15) is 4.79 Å². The van der Waals surface area contributed by atoms with Gasteiger partial charge in [-0.15, -0.1) is 34.5 Å². The van der Waals surface area contributed by atoms with Crippen LogP contribution in [0.5, 0.6) is 0 Å². The summed E-state index contributed by atoms with van der Waals surface area (Å²) in [5.41, 5.74) is 0.515. The predicted molar refractivity (Wildman–Crippen MR) is 116 cm³/mol. The lowest BCUT2D eigenvalue weighted by atomic mass is 9.99. The lowest BCUT2D eigenvalue weighted by Crippen LogP contribution is -2.37. The molecule has 0 fully saturated rings. The smallest absolute Gasteiger partial charge is 0.238 e. The highest BCUT2D eigenvalue weighted by atomic mass is 35.5. The Morgan fingerprint density at radius 2 is 1.89 bits per heavy atom. The van der Waals surface area contributed by atoms with E-state index >= 15 is 0 Å². The monoisotopic (exact) mass is 496 g/mol. The van der Waals surface area contributed by atoms with Gasteiger partial charge in [-0.1, -0.05) is 34.8 Å². The Balaban J connectivity index is 2.02. The average Bonchev–Trinajstić information content (AvgIpc) is 3.19. The molecule has 1 amide bonds. The van der Waals surface area contributed by atoms with Gasteiger partial charge >= 0.3 is 0 Å². The lowest BCUT2D eigenvalue weighted by molar-refractivity contribution is -0.120. The Bertz CT molecular complexity index is 969. The van der Waals surface area contributed by atoms with Crippen molar-refractivity contribution >= 4 is 81.1 Å². The van der Waals surface area contributed by atoms with Crippen molar-refractivity contribution < 1.29 is 4.79 Å². The van der Waals surface area contributed by atoms with Gasteiger partial charge < -0.3 is 0 Å². The van der Waals surface area contributed by atoms with Crippen LogP contribution in [-0.4, -0.2) is 25.5 Å². The fraction of sp³-hybridized carbons (Fsp3) is 0.235. The maximum atomic E-state index is 13.5. The van der Waals surface area contributed by atoms with Crippen LogP contribution in [0, 0.1) is 0 Å². The number of benzene rings is 1. The van der Waals surface area contributed by atoms with E-state index in [1.54, 1.807) is 48.4 Å². The third kappa shape index (κ3) is 5.12. The summed E-state index contributed by atoms with van der Waals surface area (Å²) in [6, 6.07) is 6.53. The Morgan fingerprint density at radius 1 is 1.21 bits per heavy atom. The number of thiazole rings is 1. The number of hydrogen-bond donors (Lipinski definition) is 0. The molecule has 28 heavy (non-hydrogen) atoms. The maximum absolute atomic E-state index is 13.5. The van der Waals surface area contributed by atoms with Crippen molar-refractivity contribution in [2.75, 3.05) is 4.90 Å². The molecule has 0 aliphatic heterocycles. The molecule has 0 saturated heterocycles. The van der Waals surface area contributed by atoms with E-state index in [1.165, 1.54) is 16.2 Å². The molecule has 0 bridgehead atoms. The van der Waals surface area contributed by atoms with Gasteiger partial charge in [0.2, 0.25) is 5.91 Å². The zero-order chi connectivity index (χ0) is 20.4. The quantitative estimate of drug-likeness (QED) is 0.394. The predicted octanol–water partition coefficient (Wildman–Crippen LogP) is 5.96. The van der Waals surface area contributed by atoms with Crippen LogP contribution in [-0.2, 0) is 18.4 Å². The SMILES string of the molecule is Cn1ccc(N(Cc2cnc(Cl)s2)C(=O)C(c2cc(Cl)cc(Cl)c2)C(Cl)Cl)n1. The maximum Gasteiger partial charge on any atom is 0.238 e. The minimum Gasteiger partial charge on any atom is -0.289 e. The lowest BCUT2D eigenvalue weighted by Gasteiger charge is -2.26. The van der Waals surface area contributed by atoms with Crippen LogP contribution in [0.4, 0.5) is 5.82 Å². The van der Waals surface area contributed by atoms with E-state index in [4.69, 9.17) is 58.0 Å². The molecule has 5 nitrogen and oxygen atoms in total. The molecule has 3 aromatic rings. The molecule has 0 aliphatic rings. The third-order valence-electron chi connectivity index (χ3n) is 3.84. The van der Waals surface area contributed by atoms with Gasteiger partial charge in [-0.2, -0.15) is 5.10 Å². The van der Waals surface area contributed by atoms with Crippen molar-refractivity contribution in [2.45, 2.75) is 17.3 Å². The number of rotatable bonds is 6. The van der Waals surface area contributed by atoms with Crippen molar-refractivity contribution in [3.05, 3.63) is 61.6 Å². The highest BCUT2D eigenvalue weighted by Crippen LogP contribution is 2.34. The topological polar surface area (TPSA) is 51.0 Å². The largest absolute Gasteiger partial charge is 0.289 e. The van der Waals surface area contributed by atoms with Gasteiger partial charge in [0.25, 0.3) is 0 Å². The van der Waals surface area contributed by atoms with Crippen LogP contribution in [0.3, 0.4) is 0 Å². The molecule has 1 atom stereocenters. The highest BCUT2D eigenvalue weighted by molar-refractivity contribution is 7.15. The van der Waals surface area contributed by atoms with Crippen molar-refractivity contribution in [1.29, 1.82) is 0 Å². The number of halogens is 5. The standard InChI is InChI=1S/C17H13Cl5N4OS/c1-25-3-2-13(24-25)26(8-12-7-23-17(22)28-12)16(27)14(15(20)21)9-4-10(18)6-11(19)5-9/h2-7,14-15H,8H2,1H3. The molecule has 0 spiro atoms. The van der Waals surface area contributed by atoms with Gasteiger partial charge in [0.05, 0.1) is 12.5 Å². The Morgan fingerprint density at radius 3 is 2.39 bits per heavy atom. The molecule has 2 aromatic heterocycles. The number of alkyl halides is 2.